The lowest BCUT2D eigenvalue weighted by Gasteiger charge is -2.07. The van der Waals surface area contributed by atoms with E-state index in [9.17, 15) is 14.4 Å². The zero-order valence-electron chi connectivity index (χ0n) is 12.8. The van der Waals surface area contributed by atoms with Crippen LogP contribution in [0.2, 0.25) is 0 Å². The minimum atomic E-state index is -0.378. The third-order valence-electron chi connectivity index (χ3n) is 3.50. The van der Waals surface area contributed by atoms with E-state index >= 15 is 0 Å². The van der Waals surface area contributed by atoms with Crippen molar-refractivity contribution in [2.75, 3.05) is 12.4 Å². The second kappa shape index (κ2) is 6.64. The molecular formula is C18H14N2O3S. The van der Waals surface area contributed by atoms with Crippen LogP contribution in [0, 0.1) is 0 Å². The highest BCUT2D eigenvalue weighted by molar-refractivity contribution is 7.12. The van der Waals surface area contributed by atoms with Crippen LogP contribution in [0.5, 0.6) is 0 Å². The van der Waals surface area contributed by atoms with Gasteiger partial charge in [0.2, 0.25) is 4.74 Å². The number of amides is 2. The lowest BCUT2D eigenvalue weighted by Crippen LogP contribution is -2.18. The molecule has 5 nitrogen and oxygen atoms in total. The fourth-order valence-corrected chi connectivity index (χ4v) is 3.15. The summed E-state index contributed by atoms with van der Waals surface area (Å²) in [7, 11) is 1.54. The van der Waals surface area contributed by atoms with Crippen molar-refractivity contribution in [2.24, 2.45) is 0 Å². The van der Waals surface area contributed by atoms with Gasteiger partial charge in [-0.2, -0.15) is 0 Å². The van der Waals surface area contributed by atoms with Gasteiger partial charge in [-0.3, -0.25) is 14.4 Å². The Morgan fingerprint density at radius 3 is 2.54 bits per heavy atom. The minimum absolute atomic E-state index is 0.155. The average Bonchev–Trinajstić information content (AvgIpc) is 2.61. The molecule has 0 radical (unpaired) electrons. The summed E-state index contributed by atoms with van der Waals surface area (Å²) in [5, 5.41) is 6.58. The van der Waals surface area contributed by atoms with Crippen molar-refractivity contribution in [2.45, 2.75) is 0 Å². The minimum Gasteiger partial charge on any atom is -0.355 e. The molecule has 0 aliphatic rings. The number of nitrogens with one attached hydrogen (secondary N) is 2. The summed E-state index contributed by atoms with van der Waals surface area (Å²) in [6, 6.07) is 15.5. The molecule has 2 amide bonds. The van der Waals surface area contributed by atoms with Gasteiger partial charge in [0.25, 0.3) is 11.8 Å². The van der Waals surface area contributed by atoms with Crippen LogP contribution in [-0.4, -0.2) is 18.9 Å². The Kier molecular flexibility index (Phi) is 4.39. The Balaban J connectivity index is 1.90. The summed E-state index contributed by atoms with van der Waals surface area (Å²) in [5.41, 5.74) is 0.941. The first-order valence-electron chi connectivity index (χ1n) is 7.25. The van der Waals surface area contributed by atoms with Crippen LogP contribution in [0.3, 0.4) is 0 Å². The number of rotatable bonds is 3. The fraction of sp³-hybridized carbons (Fsp3) is 0.0556. The number of fused-ring (bicyclic) bond motifs is 1. The van der Waals surface area contributed by atoms with Crippen LogP contribution in [-0.2, 0) is 0 Å². The maximum Gasteiger partial charge on any atom is 0.265 e. The second-order valence-corrected chi connectivity index (χ2v) is 6.11. The molecule has 2 N–H and O–H groups in total. The standard InChI is InChI=1S/C18H14N2O3S/c1-19-16(21)12-6-4-7-13(9-12)20-17(22)15-10-11-5-2-3-8-14(11)18(23)24-15/h2-10H,1H3,(H,19,21)(H,20,22). The van der Waals surface area contributed by atoms with E-state index in [0.29, 0.717) is 21.5 Å². The number of hydrogen-bond acceptors (Lipinski definition) is 4. The molecule has 0 fully saturated rings. The predicted octanol–water partition coefficient (Wildman–Crippen LogP) is 2.87. The quantitative estimate of drug-likeness (QED) is 0.771. The molecule has 0 spiro atoms. The number of carbonyl (C=O) groups excluding carboxylic acids is 2. The van der Waals surface area contributed by atoms with Gasteiger partial charge in [0.05, 0.1) is 4.88 Å². The second-order valence-electron chi connectivity index (χ2n) is 5.10. The first-order valence-corrected chi connectivity index (χ1v) is 8.06. The van der Waals surface area contributed by atoms with E-state index in [0.717, 1.165) is 16.7 Å². The van der Waals surface area contributed by atoms with Crippen molar-refractivity contribution in [1.29, 1.82) is 0 Å². The zero-order valence-corrected chi connectivity index (χ0v) is 13.6. The van der Waals surface area contributed by atoms with Crippen molar-refractivity contribution < 1.29 is 9.59 Å². The molecule has 2 aromatic carbocycles. The normalized spacial score (nSPS) is 10.4. The van der Waals surface area contributed by atoms with Crippen LogP contribution in [0.25, 0.3) is 10.8 Å². The van der Waals surface area contributed by atoms with E-state index < -0.39 is 0 Å². The summed E-state index contributed by atoms with van der Waals surface area (Å²) < 4.78 is -0.155. The summed E-state index contributed by atoms with van der Waals surface area (Å²) in [4.78, 5) is 36.5. The molecule has 0 aliphatic carbocycles. The molecule has 120 valence electrons. The molecule has 0 atom stereocenters. The van der Waals surface area contributed by atoms with E-state index in [1.807, 2.05) is 6.07 Å². The maximum absolute atomic E-state index is 12.4. The van der Waals surface area contributed by atoms with Crippen LogP contribution >= 0.6 is 11.3 Å². The maximum atomic E-state index is 12.4. The van der Waals surface area contributed by atoms with Gasteiger partial charge in [-0.15, -0.1) is 0 Å². The van der Waals surface area contributed by atoms with Gasteiger partial charge in [0.1, 0.15) is 0 Å². The van der Waals surface area contributed by atoms with Crippen LogP contribution in [0.1, 0.15) is 20.0 Å². The van der Waals surface area contributed by atoms with Gasteiger partial charge in [-0.1, -0.05) is 35.6 Å². The fourth-order valence-electron chi connectivity index (χ4n) is 2.32. The molecule has 24 heavy (non-hydrogen) atoms. The van der Waals surface area contributed by atoms with E-state index in [1.54, 1.807) is 55.6 Å². The number of anilines is 1. The van der Waals surface area contributed by atoms with Gasteiger partial charge < -0.3 is 10.6 Å². The van der Waals surface area contributed by atoms with Gasteiger partial charge in [-0.05, 0) is 35.7 Å². The van der Waals surface area contributed by atoms with Crippen molar-refractivity contribution in [3.05, 3.63) is 74.6 Å². The molecular weight excluding hydrogens is 324 g/mol. The van der Waals surface area contributed by atoms with E-state index in [2.05, 4.69) is 10.6 Å². The highest BCUT2D eigenvalue weighted by Crippen LogP contribution is 2.17. The SMILES string of the molecule is CNC(=O)c1cccc(NC(=O)c2cc3ccccc3c(=O)s2)c1. The molecule has 6 heteroatoms. The highest BCUT2D eigenvalue weighted by Gasteiger charge is 2.11. The Hall–Kier alpha value is -2.99. The average molecular weight is 338 g/mol. The highest BCUT2D eigenvalue weighted by atomic mass is 32.1. The summed E-state index contributed by atoms with van der Waals surface area (Å²) in [6.45, 7) is 0. The molecule has 0 unspecified atom stereocenters. The summed E-state index contributed by atoms with van der Waals surface area (Å²) in [5.74, 6) is -0.613. The third-order valence-corrected chi connectivity index (χ3v) is 4.43. The predicted molar refractivity (Wildman–Crippen MR) is 95.9 cm³/mol. The summed E-state index contributed by atoms with van der Waals surface area (Å²) in [6.07, 6.45) is 0. The number of benzene rings is 2. The molecule has 1 aromatic heterocycles. The molecule has 0 bridgehead atoms. The van der Waals surface area contributed by atoms with Crippen LogP contribution in [0.4, 0.5) is 5.69 Å². The van der Waals surface area contributed by atoms with E-state index in [1.165, 1.54) is 0 Å². The van der Waals surface area contributed by atoms with Crippen molar-refractivity contribution in [1.82, 2.24) is 5.32 Å². The van der Waals surface area contributed by atoms with Crippen LogP contribution < -0.4 is 15.4 Å². The van der Waals surface area contributed by atoms with Gasteiger partial charge in [0.15, 0.2) is 0 Å². The first kappa shape index (κ1) is 15.9. The Labute approximate surface area is 142 Å². The van der Waals surface area contributed by atoms with E-state index in [-0.39, 0.29) is 16.6 Å². The molecule has 0 saturated carbocycles. The van der Waals surface area contributed by atoms with Crippen molar-refractivity contribution >= 4 is 39.6 Å². The lowest BCUT2D eigenvalue weighted by atomic mass is 10.2. The topological polar surface area (TPSA) is 75.3 Å². The largest absolute Gasteiger partial charge is 0.355 e. The number of hydrogen-bond donors (Lipinski definition) is 2. The smallest absolute Gasteiger partial charge is 0.265 e. The van der Waals surface area contributed by atoms with E-state index in [4.69, 9.17) is 0 Å². The Morgan fingerprint density at radius 1 is 0.958 bits per heavy atom. The molecule has 3 aromatic rings. The zero-order chi connectivity index (χ0) is 17.1. The molecule has 0 saturated heterocycles. The summed E-state index contributed by atoms with van der Waals surface area (Å²) >= 11 is 0.902. The number of carbonyl (C=O) groups is 2. The molecule has 3 rings (SSSR count). The van der Waals surface area contributed by atoms with Gasteiger partial charge >= 0.3 is 0 Å². The molecule has 1 heterocycles. The van der Waals surface area contributed by atoms with Crippen molar-refractivity contribution in [3.8, 4) is 0 Å². The van der Waals surface area contributed by atoms with Crippen LogP contribution in [0.15, 0.2) is 59.4 Å². The molecule has 0 aliphatic heterocycles. The van der Waals surface area contributed by atoms with Gasteiger partial charge in [0, 0.05) is 23.7 Å². The Bertz CT molecular complexity index is 995. The first-order chi connectivity index (χ1) is 11.6. The Morgan fingerprint density at radius 2 is 1.75 bits per heavy atom. The third kappa shape index (κ3) is 3.18. The van der Waals surface area contributed by atoms with Crippen molar-refractivity contribution in [3.63, 3.8) is 0 Å². The van der Waals surface area contributed by atoms with Gasteiger partial charge in [-0.25, -0.2) is 0 Å². The lowest BCUT2D eigenvalue weighted by molar-refractivity contribution is 0.0961. The monoisotopic (exact) mass is 338 g/mol.